The van der Waals surface area contributed by atoms with Crippen molar-refractivity contribution in [1.29, 1.82) is 0 Å². The number of carboxylic acids is 1. The smallest absolute Gasteiger partial charge is 0.335 e. The number of hydrogen-bond acceptors (Lipinski definition) is 4. The van der Waals surface area contributed by atoms with Gasteiger partial charge in [-0.25, -0.2) is 9.69 Å². The molecule has 1 aliphatic rings. The van der Waals surface area contributed by atoms with Crippen LogP contribution in [-0.2, 0) is 0 Å². The van der Waals surface area contributed by atoms with Crippen LogP contribution in [0.4, 0.5) is 5.69 Å². The molecule has 0 bridgehead atoms. The normalized spacial score (nSPS) is 13.5. The lowest BCUT2D eigenvalue weighted by atomic mass is 10.1. The van der Waals surface area contributed by atoms with Crippen molar-refractivity contribution in [2.75, 3.05) is 4.90 Å². The van der Waals surface area contributed by atoms with Gasteiger partial charge in [-0.05, 0) is 18.2 Å². The van der Waals surface area contributed by atoms with E-state index in [0.717, 1.165) is 11.0 Å². The zero-order valence-electron chi connectivity index (χ0n) is 10.7. The molecule has 22 heavy (non-hydrogen) atoms. The number of hydrogen-bond donors (Lipinski definition) is 1. The van der Waals surface area contributed by atoms with Crippen molar-refractivity contribution in [2.45, 2.75) is 0 Å². The second-order valence-electron chi connectivity index (χ2n) is 4.46. The fourth-order valence-electron chi connectivity index (χ4n) is 2.20. The molecule has 0 saturated heterocycles. The molecular weight excluding hydrogens is 331 g/mol. The van der Waals surface area contributed by atoms with E-state index in [0.29, 0.717) is 0 Å². The highest BCUT2D eigenvalue weighted by molar-refractivity contribution is 6.44. The van der Waals surface area contributed by atoms with E-state index in [-0.39, 0.29) is 32.4 Å². The number of imide groups is 1. The first kappa shape index (κ1) is 14.5. The molecule has 0 unspecified atom stereocenters. The molecule has 2 amide bonds. The zero-order valence-corrected chi connectivity index (χ0v) is 12.2. The van der Waals surface area contributed by atoms with Gasteiger partial charge < -0.3 is 5.11 Å². The molecule has 2 heterocycles. The maximum absolute atomic E-state index is 12.5. The topological polar surface area (TPSA) is 87.6 Å². The van der Waals surface area contributed by atoms with Crippen LogP contribution in [0.3, 0.4) is 0 Å². The predicted molar refractivity (Wildman–Crippen MR) is 78.8 cm³/mol. The summed E-state index contributed by atoms with van der Waals surface area (Å²) in [6.07, 6.45) is 2.52. The van der Waals surface area contributed by atoms with Gasteiger partial charge >= 0.3 is 5.97 Å². The highest BCUT2D eigenvalue weighted by Gasteiger charge is 2.39. The van der Waals surface area contributed by atoms with E-state index in [1.54, 1.807) is 0 Å². The van der Waals surface area contributed by atoms with Gasteiger partial charge in [0.25, 0.3) is 11.8 Å². The molecule has 8 heteroatoms. The quantitative estimate of drug-likeness (QED) is 0.852. The van der Waals surface area contributed by atoms with Crippen LogP contribution in [0.25, 0.3) is 0 Å². The molecule has 0 fully saturated rings. The van der Waals surface area contributed by atoms with Gasteiger partial charge in [-0.1, -0.05) is 23.2 Å². The lowest BCUT2D eigenvalue weighted by Gasteiger charge is -2.16. The minimum atomic E-state index is -1.19. The van der Waals surface area contributed by atoms with Gasteiger partial charge in [0, 0.05) is 12.4 Å². The van der Waals surface area contributed by atoms with E-state index in [1.165, 1.54) is 24.5 Å². The Kier molecular flexibility index (Phi) is 3.35. The number of nitrogens with zero attached hydrogens (tertiary/aromatic N) is 2. The van der Waals surface area contributed by atoms with Gasteiger partial charge in [0.05, 0.1) is 32.4 Å². The van der Waals surface area contributed by atoms with Crippen LogP contribution in [0.15, 0.2) is 30.6 Å². The summed E-state index contributed by atoms with van der Waals surface area (Å²) >= 11 is 12.0. The molecule has 1 aromatic carbocycles. The molecule has 0 spiro atoms. The molecule has 6 nitrogen and oxygen atoms in total. The first-order valence-electron chi connectivity index (χ1n) is 5.97. The van der Waals surface area contributed by atoms with Crippen LogP contribution in [-0.4, -0.2) is 27.9 Å². The Bertz CT molecular complexity index is 830. The summed E-state index contributed by atoms with van der Waals surface area (Å²) < 4.78 is 0. The number of aromatic nitrogens is 1. The lowest BCUT2D eigenvalue weighted by molar-refractivity contribution is 0.0696. The van der Waals surface area contributed by atoms with Crippen LogP contribution >= 0.6 is 23.2 Å². The number of pyridine rings is 1. The molecule has 1 N–H and O–H groups in total. The molecule has 3 rings (SSSR count). The van der Waals surface area contributed by atoms with Crippen molar-refractivity contribution in [3.63, 3.8) is 0 Å². The van der Waals surface area contributed by atoms with Crippen molar-refractivity contribution in [3.8, 4) is 0 Å². The van der Waals surface area contributed by atoms with Gasteiger partial charge in [-0.15, -0.1) is 0 Å². The summed E-state index contributed by atoms with van der Waals surface area (Å²) in [4.78, 5) is 40.4. The van der Waals surface area contributed by atoms with Crippen molar-refractivity contribution in [3.05, 3.63) is 57.3 Å². The Hall–Kier alpha value is -2.44. The third-order valence-corrected chi connectivity index (χ3v) is 3.74. The monoisotopic (exact) mass is 336 g/mol. The van der Waals surface area contributed by atoms with E-state index in [1.807, 2.05) is 0 Å². The average molecular weight is 337 g/mol. The summed E-state index contributed by atoms with van der Waals surface area (Å²) in [6, 6.07) is 3.70. The maximum Gasteiger partial charge on any atom is 0.335 e. The highest BCUT2D eigenvalue weighted by atomic mass is 35.5. The first-order valence-corrected chi connectivity index (χ1v) is 6.72. The van der Waals surface area contributed by atoms with E-state index in [4.69, 9.17) is 28.3 Å². The summed E-state index contributed by atoms with van der Waals surface area (Å²) in [7, 11) is 0. The molecular formula is C14H6Cl2N2O4. The maximum atomic E-state index is 12.5. The Morgan fingerprint density at radius 1 is 1.05 bits per heavy atom. The minimum absolute atomic E-state index is 0.00570. The van der Waals surface area contributed by atoms with Crippen LogP contribution in [0.5, 0.6) is 0 Å². The highest BCUT2D eigenvalue weighted by Crippen LogP contribution is 2.37. The number of carboxylic acid groups (broad SMARTS) is 1. The van der Waals surface area contributed by atoms with Crippen molar-refractivity contribution in [1.82, 2.24) is 4.98 Å². The SMILES string of the molecule is O=C(O)c1ccc2c(c1)C(=O)N(c1c(Cl)cncc1Cl)C2=O. The van der Waals surface area contributed by atoms with Crippen LogP contribution in [0, 0.1) is 0 Å². The van der Waals surface area contributed by atoms with Gasteiger partial charge in [-0.2, -0.15) is 0 Å². The predicted octanol–water partition coefficient (Wildman–Crippen LogP) is 2.89. The number of aromatic carboxylic acids is 1. The van der Waals surface area contributed by atoms with Gasteiger partial charge in [-0.3, -0.25) is 14.6 Å². The largest absolute Gasteiger partial charge is 0.478 e. The number of carbonyl (C=O) groups excluding carboxylic acids is 2. The number of anilines is 1. The summed E-state index contributed by atoms with van der Waals surface area (Å²) in [5.74, 6) is -2.49. The number of amides is 2. The molecule has 1 aliphatic heterocycles. The standard InChI is InChI=1S/C14H6Cl2N2O4/c15-9-4-17-5-10(16)11(9)18-12(19)7-2-1-6(14(21)22)3-8(7)13(18)20/h1-5H,(H,21,22). The Balaban J connectivity index is 2.17. The van der Waals surface area contributed by atoms with E-state index in [9.17, 15) is 14.4 Å². The number of fused-ring (bicyclic) bond motifs is 1. The van der Waals surface area contributed by atoms with Crippen molar-refractivity contribution in [2.24, 2.45) is 0 Å². The number of halogens is 2. The van der Waals surface area contributed by atoms with E-state index in [2.05, 4.69) is 4.98 Å². The molecule has 1 aromatic heterocycles. The van der Waals surface area contributed by atoms with Crippen LogP contribution in [0.1, 0.15) is 31.1 Å². The van der Waals surface area contributed by atoms with Gasteiger partial charge in [0.15, 0.2) is 0 Å². The number of benzene rings is 1. The van der Waals surface area contributed by atoms with E-state index >= 15 is 0 Å². The fourth-order valence-corrected chi connectivity index (χ4v) is 2.73. The molecule has 110 valence electrons. The summed E-state index contributed by atoms with van der Waals surface area (Å²) in [6.45, 7) is 0. The molecule has 0 radical (unpaired) electrons. The number of carbonyl (C=O) groups is 3. The summed E-state index contributed by atoms with van der Waals surface area (Å²) in [5.41, 5.74) is 0.0304. The summed E-state index contributed by atoms with van der Waals surface area (Å²) in [5, 5.41) is 9.06. The minimum Gasteiger partial charge on any atom is -0.478 e. The second kappa shape index (κ2) is 5.08. The Labute approximate surface area is 133 Å². The molecule has 0 aliphatic carbocycles. The molecule has 0 atom stereocenters. The Morgan fingerprint density at radius 2 is 1.64 bits per heavy atom. The van der Waals surface area contributed by atoms with Gasteiger partial charge in [0.1, 0.15) is 0 Å². The number of rotatable bonds is 2. The van der Waals surface area contributed by atoms with Crippen LogP contribution in [0.2, 0.25) is 10.0 Å². The van der Waals surface area contributed by atoms with E-state index < -0.39 is 17.8 Å². The second-order valence-corrected chi connectivity index (χ2v) is 5.28. The van der Waals surface area contributed by atoms with Gasteiger partial charge in [0.2, 0.25) is 0 Å². The third kappa shape index (κ3) is 2.04. The molecule has 2 aromatic rings. The lowest BCUT2D eigenvalue weighted by Crippen LogP contribution is -2.30. The van der Waals surface area contributed by atoms with Crippen molar-refractivity contribution < 1.29 is 19.5 Å². The fraction of sp³-hybridized carbons (Fsp3) is 0. The van der Waals surface area contributed by atoms with Crippen LogP contribution < -0.4 is 4.90 Å². The Morgan fingerprint density at radius 3 is 2.23 bits per heavy atom. The average Bonchev–Trinajstić information content (AvgIpc) is 2.72. The zero-order chi connectivity index (χ0) is 16.0. The van der Waals surface area contributed by atoms with Crippen molar-refractivity contribution >= 4 is 46.7 Å². The third-order valence-electron chi connectivity index (χ3n) is 3.19. The first-order chi connectivity index (χ1) is 10.4. The molecule has 0 saturated carbocycles.